The molecular formula is C24H32N4O4. The second kappa shape index (κ2) is 9.73. The number of nitrogens with one attached hydrogen (secondary N) is 3. The highest BCUT2D eigenvalue weighted by Crippen LogP contribution is 2.36. The van der Waals surface area contributed by atoms with Crippen LogP contribution in [0.1, 0.15) is 69.0 Å². The molecule has 0 saturated heterocycles. The van der Waals surface area contributed by atoms with Gasteiger partial charge in [0.15, 0.2) is 5.82 Å². The van der Waals surface area contributed by atoms with E-state index >= 15 is 0 Å². The van der Waals surface area contributed by atoms with Gasteiger partial charge in [0.05, 0.1) is 12.0 Å². The predicted octanol–water partition coefficient (Wildman–Crippen LogP) is 3.65. The van der Waals surface area contributed by atoms with Crippen LogP contribution in [-0.2, 0) is 16.0 Å². The van der Waals surface area contributed by atoms with Crippen molar-refractivity contribution in [2.24, 2.45) is 0 Å². The summed E-state index contributed by atoms with van der Waals surface area (Å²) in [6, 6.07) is 11.5. The van der Waals surface area contributed by atoms with Gasteiger partial charge in [-0.25, -0.2) is 4.79 Å². The Morgan fingerprint density at radius 3 is 2.69 bits per heavy atom. The van der Waals surface area contributed by atoms with E-state index in [2.05, 4.69) is 20.8 Å². The number of anilines is 1. The van der Waals surface area contributed by atoms with Crippen molar-refractivity contribution in [1.82, 2.24) is 15.5 Å². The van der Waals surface area contributed by atoms with Gasteiger partial charge in [0.2, 0.25) is 5.91 Å². The Hall–Kier alpha value is -2.87. The summed E-state index contributed by atoms with van der Waals surface area (Å²) in [5.74, 6) is 0.615. The molecule has 2 aromatic rings. The number of carbonyl (C=O) groups is 2. The number of hydrogen-bond acceptors (Lipinski definition) is 5. The highest BCUT2D eigenvalue weighted by atomic mass is 16.6. The number of aliphatic hydroxyl groups is 1. The molecular weight excluding hydrogens is 408 g/mol. The molecule has 4 rings (SSSR count). The molecule has 8 heteroatoms. The third-order valence-corrected chi connectivity index (χ3v) is 6.56. The van der Waals surface area contributed by atoms with E-state index in [1.807, 2.05) is 43.3 Å². The van der Waals surface area contributed by atoms with Gasteiger partial charge in [-0.15, -0.1) is 0 Å². The van der Waals surface area contributed by atoms with Gasteiger partial charge in [0, 0.05) is 23.7 Å². The number of amides is 2. The number of ether oxygens (including phenoxy) is 1. The van der Waals surface area contributed by atoms with E-state index in [4.69, 9.17) is 4.74 Å². The van der Waals surface area contributed by atoms with Gasteiger partial charge >= 0.3 is 6.09 Å². The summed E-state index contributed by atoms with van der Waals surface area (Å²) >= 11 is 0. The van der Waals surface area contributed by atoms with Gasteiger partial charge in [-0.2, -0.15) is 5.10 Å². The first-order valence-corrected chi connectivity index (χ1v) is 11.4. The summed E-state index contributed by atoms with van der Waals surface area (Å²) in [5.41, 5.74) is 1.28. The minimum Gasteiger partial charge on any atom is -0.446 e. The summed E-state index contributed by atoms with van der Waals surface area (Å²) < 4.78 is 5.64. The molecule has 8 nitrogen and oxygen atoms in total. The number of carbonyl (C=O) groups excluding carboxylic acids is 2. The van der Waals surface area contributed by atoms with Crippen LogP contribution < -0.4 is 10.6 Å². The molecule has 2 aliphatic rings. The number of benzene rings is 1. The van der Waals surface area contributed by atoms with Crippen molar-refractivity contribution in [3.63, 3.8) is 0 Å². The summed E-state index contributed by atoms with van der Waals surface area (Å²) in [6.45, 7) is 1.84. The zero-order valence-electron chi connectivity index (χ0n) is 18.5. The first kappa shape index (κ1) is 22.3. The highest BCUT2D eigenvalue weighted by molar-refractivity contribution is 5.91. The first-order valence-electron chi connectivity index (χ1n) is 11.4. The van der Waals surface area contributed by atoms with Gasteiger partial charge in [0.1, 0.15) is 6.10 Å². The smallest absolute Gasteiger partial charge is 0.407 e. The fraction of sp³-hybridized carbons (Fsp3) is 0.542. The molecule has 32 heavy (non-hydrogen) atoms. The zero-order chi connectivity index (χ0) is 22.6. The maximum atomic E-state index is 12.3. The minimum absolute atomic E-state index is 0.0644. The number of nitrogens with zero attached hydrogens (tertiary/aromatic N) is 1. The van der Waals surface area contributed by atoms with Crippen molar-refractivity contribution in [3.8, 4) is 0 Å². The topological polar surface area (TPSA) is 116 Å². The molecule has 1 aromatic carbocycles. The fourth-order valence-corrected chi connectivity index (χ4v) is 4.64. The third kappa shape index (κ3) is 6.09. The Balaban J connectivity index is 1.21. The second-order valence-electron chi connectivity index (χ2n) is 9.37. The van der Waals surface area contributed by atoms with E-state index in [1.54, 1.807) is 0 Å². The van der Waals surface area contributed by atoms with Crippen molar-refractivity contribution in [2.75, 3.05) is 5.32 Å². The number of rotatable bonds is 6. The van der Waals surface area contributed by atoms with Gasteiger partial charge in [-0.3, -0.25) is 9.89 Å². The summed E-state index contributed by atoms with van der Waals surface area (Å²) in [7, 11) is 0. The number of aromatic amines is 1. The summed E-state index contributed by atoms with van der Waals surface area (Å²) in [6.07, 6.45) is 5.12. The molecule has 2 atom stereocenters. The standard InChI is InChI=1S/C24H32N4O4/c1-24(31)11-9-18(10-12-24)25-23(30)32-19-8-7-17(14-19)20-15-21(28-27-20)26-22(29)13-16-5-3-2-4-6-16/h2-6,15,17-19,31H,7-14H2,1H3,(H,25,30)(H2,26,27,28,29)/t17-,18-,19+,24-/m1/s1. The lowest BCUT2D eigenvalue weighted by atomic mass is 9.84. The predicted molar refractivity (Wildman–Crippen MR) is 120 cm³/mol. The van der Waals surface area contributed by atoms with E-state index in [0.29, 0.717) is 25.1 Å². The molecule has 4 N–H and O–H groups in total. The van der Waals surface area contributed by atoms with Crippen LogP contribution in [0.25, 0.3) is 0 Å². The normalized spacial score (nSPS) is 27.6. The van der Waals surface area contributed by atoms with Crippen LogP contribution in [0.3, 0.4) is 0 Å². The van der Waals surface area contributed by atoms with E-state index in [0.717, 1.165) is 43.4 Å². The van der Waals surface area contributed by atoms with Crippen molar-refractivity contribution in [3.05, 3.63) is 47.7 Å². The SMILES string of the molecule is C[C@]1(O)CC[C@H](NC(=O)O[C@H]2CC[C@@H](c3cc(NC(=O)Cc4ccccc4)n[nH]3)C2)CC1. The monoisotopic (exact) mass is 440 g/mol. The molecule has 1 aromatic heterocycles. The molecule has 2 saturated carbocycles. The lowest BCUT2D eigenvalue weighted by Crippen LogP contribution is -2.43. The highest BCUT2D eigenvalue weighted by Gasteiger charge is 2.32. The van der Waals surface area contributed by atoms with Crippen molar-refractivity contribution < 1.29 is 19.4 Å². The Morgan fingerprint density at radius 1 is 1.19 bits per heavy atom. The molecule has 172 valence electrons. The molecule has 2 aliphatic carbocycles. The lowest BCUT2D eigenvalue weighted by molar-refractivity contribution is -0.115. The van der Waals surface area contributed by atoms with Crippen LogP contribution in [0.2, 0.25) is 0 Å². The molecule has 0 spiro atoms. The quantitative estimate of drug-likeness (QED) is 0.547. The van der Waals surface area contributed by atoms with Gasteiger partial charge in [-0.05, 0) is 57.4 Å². The average molecular weight is 441 g/mol. The van der Waals surface area contributed by atoms with Crippen molar-refractivity contribution >= 4 is 17.8 Å². The number of hydrogen-bond donors (Lipinski definition) is 4. The van der Waals surface area contributed by atoms with Crippen molar-refractivity contribution in [2.45, 2.75) is 82.0 Å². The minimum atomic E-state index is -0.620. The van der Waals surface area contributed by atoms with Gasteiger partial charge in [-0.1, -0.05) is 30.3 Å². The maximum absolute atomic E-state index is 12.3. The van der Waals surface area contributed by atoms with Crippen LogP contribution in [0, 0.1) is 0 Å². The van der Waals surface area contributed by atoms with Crippen molar-refractivity contribution in [1.29, 1.82) is 0 Å². The lowest BCUT2D eigenvalue weighted by Gasteiger charge is -2.33. The van der Waals surface area contributed by atoms with E-state index < -0.39 is 5.60 Å². The average Bonchev–Trinajstić information content (AvgIpc) is 3.40. The van der Waals surface area contributed by atoms with E-state index in [9.17, 15) is 14.7 Å². The van der Waals surface area contributed by atoms with Crippen LogP contribution in [0.4, 0.5) is 10.6 Å². The van der Waals surface area contributed by atoms with Gasteiger partial charge < -0.3 is 20.5 Å². The van der Waals surface area contributed by atoms with Crippen LogP contribution in [0.15, 0.2) is 36.4 Å². The molecule has 1 heterocycles. The Bertz CT molecular complexity index is 917. The zero-order valence-corrected chi connectivity index (χ0v) is 18.5. The molecule has 0 unspecified atom stereocenters. The summed E-state index contributed by atoms with van der Waals surface area (Å²) in [4.78, 5) is 24.5. The molecule has 0 bridgehead atoms. The molecule has 2 fully saturated rings. The van der Waals surface area contributed by atoms with Gasteiger partial charge in [0.25, 0.3) is 0 Å². The maximum Gasteiger partial charge on any atom is 0.407 e. The Labute approximate surface area is 188 Å². The Kier molecular flexibility index (Phi) is 6.79. The van der Waals surface area contributed by atoms with Crippen LogP contribution in [0.5, 0.6) is 0 Å². The van der Waals surface area contributed by atoms with E-state index in [1.165, 1.54) is 0 Å². The molecule has 0 aliphatic heterocycles. The Morgan fingerprint density at radius 2 is 1.94 bits per heavy atom. The van der Waals surface area contributed by atoms with Crippen LogP contribution >= 0.6 is 0 Å². The number of alkyl carbamates (subject to hydrolysis) is 1. The molecule has 0 radical (unpaired) electrons. The second-order valence-corrected chi connectivity index (χ2v) is 9.37. The summed E-state index contributed by atoms with van der Waals surface area (Å²) in [5, 5.41) is 23.1. The van der Waals surface area contributed by atoms with Crippen LogP contribution in [-0.4, -0.2) is 45.1 Å². The molecule has 2 amide bonds. The number of H-pyrrole nitrogens is 1. The third-order valence-electron chi connectivity index (χ3n) is 6.56. The van der Waals surface area contributed by atoms with E-state index in [-0.39, 0.29) is 30.1 Å². The fourth-order valence-electron chi connectivity index (χ4n) is 4.64. The first-order chi connectivity index (χ1) is 15.4. The number of aromatic nitrogens is 2. The largest absolute Gasteiger partial charge is 0.446 e.